The van der Waals surface area contributed by atoms with E-state index in [4.69, 9.17) is 11.5 Å². The average molecular weight is 292 g/mol. The van der Waals surface area contributed by atoms with Crippen molar-refractivity contribution < 1.29 is 9.90 Å². The third-order valence-electron chi connectivity index (χ3n) is 4.91. The van der Waals surface area contributed by atoms with Crippen molar-refractivity contribution in [3.63, 3.8) is 0 Å². The quantitative estimate of drug-likeness (QED) is 0.765. The van der Waals surface area contributed by atoms with Gasteiger partial charge in [-0.2, -0.15) is 11.8 Å². The third-order valence-corrected chi connectivity index (χ3v) is 5.89. The van der Waals surface area contributed by atoms with Crippen LogP contribution >= 0.6 is 11.8 Å². The van der Waals surface area contributed by atoms with Gasteiger partial charge in [-0.1, -0.05) is 24.3 Å². The summed E-state index contributed by atoms with van der Waals surface area (Å²) in [5.74, 6) is 0.777. The molecular formula is C15H20N2O2S. The first-order chi connectivity index (χ1) is 9.48. The van der Waals surface area contributed by atoms with Crippen molar-refractivity contribution in [3.8, 4) is 0 Å². The molecule has 4 nitrogen and oxygen atoms in total. The van der Waals surface area contributed by atoms with Crippen LogP contribution in [0.3, 0.4) is 0 Å². The Kier molecular flexibility index (Phi) is 3.31. The SMILES string of the molecule is NC1(C2Cc3ccccc3C2(N)C(=O)O)CCSCC1. The number of fused-ring (bicyclic) bond motifs is 1. The number of benzene rings is 1. The fourth-order valence-corrected chi connectivity index (χ4v) is 4.94. The molecule has 1 aromatic rings. The van der Waals surface area contributed by atoms with Crippen molar-refractivity contribution >= 4 is 17.7 Å². The number of thioether (sulfide) groups is 1. The molecule has 2 atom stereocenters. The predicted octanol–water partition coefficient (Wildman–Crippen LogP) is 1.32. The van der Waals surface area contributed by atoms with E-state index in [-0.39, 0.29) is 5.92 Å². The molecule has 5 heteroatoms. The number of carboxylic acids is 1. The second kappa shape index (κ2) is 4.76. The zero-order chi connectivity index (χ0) is 14.4. The van der Waals surface area contributed by atoms with Crippen molar-refractivity contribution in [2.45, 2.75) is 30.3 Å². The molecule has 0 amide bonds. The summed E-state index contributed by atoms with van der Waals surface area (Å²) in [6, 6.07) is 7.60. The highest BCUT2D eigenvalue weighted by atomic mass is 32.2. The predicted molar refractivity (Wildman–Crippen MR) is 80.6 cm³/mol. The maximum absolute atomic E-state index is 11.9. The summed E-state index contributed by atoms with van der Waals surface area (Å²) in [5.41, 5.74) is 12.9. The smallest absolute Gasteiger partial charge is 0.328 e. The van der Waals surface area contributed by atoms with E-state index in [1.54, 1.807) is 0 Å². The number of aliphatic carboxylic acids is 1. The lowest BCUT2D eigenvalue weighted by Gasteiger charge is -2.44. The summed E-state index contributed by atoms with van der Waals surface area (Å²) in [5, 5.41) is 9.75. The van der Waals surface area contributed by atoms with E-state index in [1.165, 1.54) is 0 Å². The van der Waals surface area contributed by atoms with Crippen LogP contribution in [-0.2, 0) is 16.8 Å². The molecule has 0 saturated carbocycles. The molecule has 108 valence electrons. The number of nitrogens with two attached hydrogens (primary N) is 2. The van der Waals surface area contributed by atoms with Gasteiger partial charge in [0.1, 0.15) is 5.54 Å². The molecule has 1 saturated heterocycles. The zero-order valence-electron chi connectivity index (χ0n) is 11.3. The number of carbonyl (C=O) groups is 1. The lowest BCUT2D eigenvalue weighted by Crippen LogP contribution is -2.62. The standard InChI is InChI=1S/C15H20N2O2S/c16-14(5-7-20-8-6-14)12-9-10-3-1-2-4-11(10)15(12,17)13(18)19/h1-4,12H,5-9,16-17H2,(H,18,19). The Bertz CT molecular complexity index is 542. The largest absolute Gasteiger partial charge is 0.480 e. The summed E-state index contributed by atoms with van der Waals surface area (Å²) in [4.78, 5) is 11.9. The lowest BCUT2D eigenvalue weighted by molar-refractivity contribution is -0.147. The lowest BCUT2D eigenvalue weighted by atomic mass is 9.69. The van der Waals surface area contributed by atoms with Crippen LogP contribution < -0.4 is 11.5 Å². The first-order valence-corrected chi connectivity index (χ1v) is 8.11. The van der Waals surface area contributed by atoms with Gasteiger partial charge in [0.05, 0.1) is 0 Å². The number of hydrogen-bond acceptors (Lipinski definition) is 4. The Morgan fingerprint density at radius 1 is 1.25 bits per heavy atom. The average Bonchev–Trinajstić information content (AvgIpc) is 2.76. The van der Waals surface area contributed by atoms with Gasteiger partial charge in [-0.15, -0.1) is 0 Å². The molecule has 1 aliphatic carbocycles. The van der Waals surface area contributed by atoms with Crippen molar-refractivity contribution in [2.75, 3.05) is 11.5 Å². The van der Waals surface area contributed by atoms with Crippen LogP contribution in [-0.4, -0.2) is 28.1 Å². The van der Waals surface area contributed by atoms with Gasteiger partial charge in [-0.05, 0) is 41.9 Å². The van der Waals surface area contributed by atoms with E-state index >= 15 is 0 Å². The van der Waals surface area contributed by atoms with Gasteiger partial charge in [0.15, 0.2) is 0 Å². The van der Waals surface area contributed by atoms with Crippen LogP contribution in [0.1, 0.15) is 24.0 Å². The van der Waals surface area contributed by atoms with E-state index < -0.39 is 17.0 Å². The van der Waals surface area contributed by atoms with E-state index in [0.717, 1.165) is 35.5 Å². The van der Waals surface area contributed by atoms with Crippen molar-refractivity contribution in [1.29, 1.82) is 0 Å². The highest BCUT2D eigenvalue weighted by molar-refractivity contribution is 7.99. The molecule has 1 aromatic carbocycles. The zero-order valence-corrected chi connectivity index (χ0v) is 12.2. The maximum Gasteiger partial charge on any atom is 0.328 e. The van der Waals surface area contributed by atoms with E-state index in [1.807, 2.05) is 36.0 Å². The summed E-state index contributed by atoms with van der Waals surface area (Å²) >= 11 is 1.88. The third kappa shape index (κ3) is 1.88. The Morgan fingerprint density at radius 2 is 1.90 bits per heavy atom. The van der Waals surface area contributed by atoms with Crippen LogP contribution in [0, 0.1) is 5.92 Å². The fourth-order valence-electron chi connectivity index (χ4n) is 3.69. The first kappa shape index (κ1) is 13.9. The van der Waals surface area contributed by atoms with Crippen LogP contribution in [0.5, 0.6) is 0 Å². The van der Waals surface area contributed by atoms with Crippen LogP contribution in [0.25, 0.3) is 0 Å². The molecule has 1 heterocycles. The van der Waals surface area contributed by atoms with Gasteiger partial charge >= 0.3 is 5.97 Å². The molecule has 0 spiro atoms. The maximum atomic E-state index is 11.9. The molecule has 5 N–H and O–H groups in total. The molecule has 2 unspecified atom stereocenters. The van der Waals surface area contributed by atoms with Gasteiger partial charge < -0.3 is 16.6 Å². The molecule has 1 fully saturated rings. The van der Waals surface area contributed by atoms with Gasteiger partial charge in [-0.3, -0.25) is 0 Å². The van der Waals surface area contributed by atoms with Gasteiger partial charge in [0.25, 0.3) is 0 Å². The van der Waals surface area contributed by atoms with Gasteiger partial charge in [0, 0.05) is 11.5 Å². The van der Waals surface area contributed by atoms with Gasteiger partial charge in [0.2, 0.25) is 0 Å². The van der Waals surface area contributed by atoms with E-state index in [0.29, 0.717) is 6.42 Å². The summed E-state index contributed by atoms with van der Waals surface area (Å²) in [6.45, 7) is 0. The number of rotatable bonds is 2. The molecule has 1 aliphatic heterocycles. The Morgan fingerprint density at radius 3 is 2.55 bits per heavy atom. The molecule has 3 rings (SSSR count). The molecule has 2 aliphatic rings. The molecule has 0 bridgehead atoms. The highest BCUT2D eigenvalue weighted by Gasteiger charge is 2.57. The van der Waals surface area contributed by atoms with Crippen molar-refractivity contribution in [2.24, 2.45) is 17.4 Å². The second-order valence-corrected chi connectivity index (χ2v) is 7.16. The minimum Gasteiger partial charge on any atom is -0.480 e. The monoisotopic (exact) mass is 292 g/mol. The summed E-state index contributed by atoms with van der Waals surface area (Å²) in [7, 11) is 0. The number of carboxylic acid groups (broad SMARTS) is 1. The summed E-state index contributed by atoms with van der Waals surface area (Å²) < 4.78 is 0. The normalized spacial score (nSPS) is 31.8. The second-order valence-electron chi connectivity index (χ2n) is 5.93. The van der Waals surface area contributed by atoms with Crippen LogP contribution in [0.15, 0.2) is 24.3 Å². The van der Waals surface area contributed by atoms with Crippen LogP contribution in [0.2, 0.25) is 0 Å². The Hall–Kier alpha value is -1.04. The topological polar surface area (TPSA) is 89.3 Å². The first-order valence-electron chi connectivity index (χ1n) is 6.96. The molecule has 20 heavy (non-hydrogen) atoms. The van der Waals surface area contributed by atoms with E-state index in [9.17, 15) is 9.90 Å². The minimum absolute atomic E-state index is 0.231. The van der Waals surface area contributed by atoms with Gasteiger partial charge in [-0.25, -0.2) is 4.79 Å². The molecular weight excluding hydrogens is 272 g/mol. The Balaban J connectivity index is 2.07. The fraction of sp³-hybridized carbons (Fsp3) is 0.533. The molecule has 0 aromatic heterocycles. The molecule has 0 radical (unpaired) electrons. The van der Waals surface area contributed by atoms with E-state index in [2.05, 4.69) is 0 Å². The minimum atomic E-state index is -1.35. The van der Waals surface area contributed by atoms with Crippen LogP contribution in [0.4, 0.5) is 0 Å². The Labute approximate surface area is 122 Å². The highest BCUT2D eigenvalue weighted by Crippen LogP contribution is 2.48. The van der Waals surface area contributed by atoms with Crippen molar-refractivity contribution in [3.05, 3.63) is 35.4 Å². The number of hydrogen-bond donors (Lipinski definition) is 3. The van der Waals surface area contributed by atoms with Crippen molar-refractivity contribution in [1.82, 2.24) is 0 Å². The summed E-state index contributed by atoms with van der Waals surface area (Å²) in [6.07, 6.45) is 2.34.